The molecular formula is C16H17N3O3S. The molecular weight excluding hydrogens is 314 g/mol. The average molecular weight is 331 g/mol. The first-order valence-corrected chi connectivity index (χ1v) is 7.98. The first kappa shape index (κ1) is 15.7. The number of fused-ring (bicyclic) bond motifs is 1. The van der Waals surface area contributed by atoms with Crippen molar-refractivity contribution < 1.29 is 14.6 Å². The average Bonchev–Trinajstić information content (AvgIpc) is 3.20. The molecule has 23 heavy (non-hydrogen) atoms. The number of benzene rings is 1. The Morgan fingerprint density at radius 1 is 1.43 bits per heavy atom. The molecule has 3 aromatic rings. The maximum Gasteiger partial charge on any atom is 0.251 e. The van der Waals surface area contributed by atoms with E-state index in [2.05, 4.69) is 10.3 Å². The van der Waals surface area contributed by atoms with Crippen molar-refractivity contribution in [2.45, 2.75) is 6.10 Å². The van der Waals surface area contributed by atoms with Crippen LogP contribution in [0.5, 0.6) is 0 Å². The van der Waals surface area contributed by atoms with Crippen molar-refractivity contribution in [2.24, 2.45) is 0 Å². The zero-order valence-electron chi connectivity index (χ0n) is 12.6. The van der Waals surface area contributed by atoms with Gasteiger partial charge in [-0.2, -0.15) is 0 Å². The Balaban J connectivity index is 1.76. The van der Waals surface area contributed by atoms with Gasteiger partial charge < -0.3 is 19.7 Å². The number of ether oxygens (including phenoxy) is 1. The van der Waals surface area contributed by atoms with Crippen LogP contribution in [0.25, 0.3) is 15.3 Å². The zero-order valence-corrected chi connectivity index (χ0v) is 13.4. The highest BCUT2D eigenvalue weighted by Crippen LogP contribution is 2.25. The van der Waals surface area contributed by atoms with Gasteiger partial charge in [0.15, 0.2) is 5.13 Å². The highest BCUT2D eigenvalue weighted by molar-refractivity contribution is 7.20. The van der Waals surface area contributed by atoms with Crippen LogP contribution in [-0.4, -0.2) is 46.9 Å². The molecule has 0 saturated heterocycles. The van der Waals surface area contributed by atoms with Crippen molar-refractivity contribution in [3.05, 3.63) is 48.3 Å². The number of hydrogen-bond donors (Lipinski definition) is 2. The highest BCUT2D eigenvalue weighted by Gasteiger charge is 2.11. The van der Waals surface area contributed by atoms with Crippen LogP contribution in [0.3, 0.4) is 0 Å². The Labute approximate surface area is 137 Å². The number of rotatable bonds is 6. The number of thiazole rings is 1. The number of aromatic nitrogens is 2. The Bertz CT molecular complexity index is 798. The van der Waals surface area contributed by atoms with E-state index in [0.717, 1.165) is 15.3 Å². The molecule has 2 heterocycles. The third kappa shape index (κ3) is 3.58. The van der Waals surface area contributed by atoms with Gasteiger partial charge >= 0.3 is 0 Å². The molecule has 0 aliphatic heterocycles. The number of nitrogens with zero attached hydrogens (tertiary/aromatic N) is 2. The number of aliphatic hydroxyl groups excluding tert-OH is 1. The SMILES string of the molecule is COC[C@@H](O)CNC(=O)c1ccc2nc(-n3cccc3)sc2c1. The van der Waals surface area contributed by atoms with E-state index < -0.39 is 6.10 Å². The van der Waals surface area contributed by atoms with Crippen LogP contribution < -0.4 is 5.32 Å². The van der Waals surface area contributed by atoms with Crippen LogP contribution in [0, 0.1) is 0 Å². The van der Waals surface area contributed by atoms with Crippen molar-refractivity contribution in [1.29, 1.82) is 0 Å². The normalized spacial score (nSPS) is 12.4. The van der Waals surface area contributed by atoms with Crippen LogP contribution >= 0.6 is 11.3 Å². The minimum absolute atomic E-state index is 0.155. The second kappa shape index (κ2) is 6.91. The van der Waals surface area contributed by atoms with E-state index in [1.807, 2.05) is 41.2 Å². The lowest BCUT2D eigenvalue weighted by atomic mass is 10.2. The van der Waals surface area contributed by atoms with Gasteiger partial charge in [0.05, 0.1) is 22.9 Å². The van der Waals surface area contributed by atoms with Gasteiger partial charge in [0.2, 0.25) is 0 Å². The lowest BCUT2D eigenvalue weighted by Crippen LogP contribution is -2.34. The van der Waals surface area contributed by atoms with Gasteiger partial charge in [-0.3, -0.25) is 4.79 Å². The molecule has 0 spiro atoms. The summed E-state index contributed by atoms with van der Waals surface area (Å²) in [6.07, 6.45) is 3.15. The number of nitrogens with one attached hydrogen (secondary N) is 1. The number of amides is 1. The molecule has 120 valence electrons. The van der Waals surface area contributed by atoms with Gasteiger partial charge in [-0.05, 0) is 30.3 Å². The van der Waals surface area contributed by atoms with E-state index >= 15 is 0 Å². The van der Waals surface area contributed by atoms with E-state index in [4.69, 9.17) is 4.74 Å². The maximum absolute atomic E-state index is 12.1. The van der Waals surface area contributed by atoms with E-state index in [1.54, 1.807) is 6.07 Å². The topological polar surface area (TPSA) is 76.4 Å². The predicted octanol–water partition coefficient (Wildman–Crippen LogP) is 1.82. The van der Waals surface area contributed by atoms with Gasteiger partial charge in [-0.15, -0.1) is 0 Å². The molecule has 3 rings (SSSR count). The van der Waals surface area contributed by atoms with E-state index in [9.17, 15) is 9.90 Å². The fourth-order valence-corrected chi connectivity index (χ4v) is 3.16. The fraction of sp³-hybridized carbons (Fsp3) is 0.250. The Morgan fingerprint density at radius 3 is 2.96 bits per heavy atom. The number of methoxy groups -OCH3 is 1. The molecule has 2 aromatic heterocycles. The summed E-state index contributed by atoms with van der Waals surface area (Å²) in [7, 11) is 1.51. The molecule has 0 aliphatic rings. The van der Waals surface area contributed by atoms with E-state index in [0.29, 0.717) is 5.56 Å². The predicted molar refractivity (Wildman–Crippen MR) is 89.2 cm³/mol. The first-order chi connectivity index (χ1) is 11.2. The minimum Gasteiger partial charge on any atom is -0.389 e. The van der Waals surface area contributed by atoms with Gasteiger partial charge in [0, 0.05) is 31.6 Å². The lowest BCUT2D eigenvalue weighted by Gasteiger charge is -2.10. The Morgan fingerprint density at radius 2 is 2.22 bits per heavy atom. The maximum atomic E-state index is 12.1. The molecule has 0 bridgehead atoms. The summed E-state index contributed by atoms with van der Waals surface area (Å²) in [6.45, 7) is 0.344. The summed E-state index contributed by atoms with van der Waals surface area (Å²) >= 11 is 1.52. The Hall–Kier alpha value is -2.22. The van der Waals surface area contributed by atoms with Gasteiger partial charge in [-0.1, -0.05) is 11.3 Å². The van der Waals surface area contributed by atoms with Gasteiger partial charge in [0.1, 0.15) is 0 Å². The van der Waals surface area contributed by atoms with Crippen LogP contribution in [0.15, 0.2) is 42.7 Å². The van der Waals surface area contributed by atoms with Crippen molar-refractivity contribution in [1.82, 2.24) is 14.9 Å². The highest BCUT2D eigenvalue weighted by atomic mass is 32.1. The molecule has 1 amide bonds. The summed E-state index contributed by atoms with van der Waals surface area (Å²) in [4.78, 5) is 16.7. The summed E-state index contributed by atoms with van der Waals surface area (Å²) < 4.78 is 7.71. The number of carbonyl (C=O) groups is 1. The summed E-state index contributed by atoms with van der Waals surface area (Å²) in [5.41, 5.74) is 1.40. The monoisotopic (exact) mass is 331 g/mol. The number of aliphatic hydroxyl groups is 1. The third-order valence-corrected chi connectivity index (χ3v) is 4.35. The zero-order chi connectivity index (χ0) is 16.2. The van der Waals surface area contributed by atoms with Crippen LogP contribution in [0.4, 0.5) is 0 Å². The van der Waals surface area contributed by atoms with Crippen LogP contribution in [0.1, 0.15) is 10.4 Å². The third-order valence-electron chi connectivity index (χ3n) is 3.32. The fourth-order valence-electron chi connectivity index (χ4n) is 2.19. The minimum atomic E-state index is -0.712. The molecule has 2 N–H and O–H groups in total. The van der Waals surface area contributed by atoms with E-state index in [1.165, 1.54) is 18.4 Å². The Kier molecular flexibility index (Phi) is 4.71. The van der Waals surface area contributed by atoms with Crippen molar-refractivity contribution in [3.8, 4) is 5.13 Å². The standard InChI is InChI=1S/C16H17N3O3S/c1-22-10-12(20)9-17-15(21)11-4-5-13-14(8-11)23-16(18-13)19-6-2-3-7-19/h2-8,12,20H,9-10H2,1H3,(H,17,21)/t12-/m0/s1. The summed E-state index contributed by atoms with van der Waals surface area (Å²) in [6, 6.07) is 9.27. The quantitative estimate of drug-likeness (QED) is 0.722. The summed E-state index contributed by atoms with van der Waals surface area (Å²) in [5, 5.41) is 13.1. The molecule has 1 aromatic carbocycles. The van der Waals surface area contributed by atoms with Gasteiger partial charge in [0.25, 0.3) is 5.91 Å². The number of carbonyl (C=O) groups excluding carboxylic acids is 1. The molecule has 0 fully saturated rings. The largest absolute Gasteiger partial charge is 0.389 e. The van der Waals surface area contributed by atoms with Crippen molar-refractivity contribution in [3.63, 3.8) is 0 Å². The van der Waals surface area contributed by atoms with Crippen molar-refractivity contribution >= 4 is 27.5 Å². The molecule has 7 heteroatoms. The van der Waals surface area contributed by atoms with Crippen LogP contribution in [0.2, 0.25) is 0 Å². The molecule has 0 aliphatic carbocycles. The molecule has 0 saturated carbocycles. The second-order valence-corrected chi connectivity index (χ2v) is 6.10. The second-order valence-electron chi connectivity index (χ2n) is 5.09. The smallest absolute Gasteiger partial charge is 0.251 e. The summed E-state index contributed by atoms with van der Waals surface area (Å²) in [5.74, 6) is -0.224. The van der Waals surface area contributed by atoms with Crippen molar-refractivity contribution in [2.75, 3.05) is 20.3 Å². The first-order valence-electron chi connectivity index (χ1n) is 7.16. The van der Waals surface area contributed by atoms with Crippen LogP contribution in [-0.2, 0) is 4.74 Å². The molecule has 6 nitrogen and oxygen atoms in total. The lowest BCUT2D eigenvalue weighted by molar-refractivity contribution is 0.0610. The number of hydrogen-bond acceptors (Lipinski definition) is 5. The van der Waals surface area contributed by atoms with Gasteiger partial charge in [-0.25, -0.2) is 4.98 Å². The molecule has 0 unspecified atom stereocenters. The molecule has 1 atom stereocenters. The molecule has 0 radical (unpaired) electrons. The van der Waals surface area contributed by atoms with E-state index in [-0.39, 0.29) is 19.1 Å².